The molecule has 3 heterocycles. The molecule has 5 rings (SSSR count). The van der Waals surface area contributed by atoms with Gasteiger partial charge in [-0.25, -0.2) is 18.5 Å². The van der Waals surface area contributed by atoms with Gasteiger partial charge in [0.1, 0.15) is 17.9 Å². The Kier molecular flexibility index (Phi) is 7.36. The lowest BCUT2D eigenvalue weighted by Gasteiger charge is -2.24. The lowest BCUT2D eigenvalue weighted by Crippen LogP contribution is -2.35. The number of ether oxygens (including phenoxy) is 3. The summed E-state index contributed by atoms with van der Waals surface area (Å²) in [5.74, 6) is -1.36. The van der Waals surface area contributed by atoms with Crippen molar-refractivity contribution in [2.75, 3.05) is 33.0 Å². The van der Waals surface area contributed by atoms with E-state index < -0.39 is 11.6 Å². The molecule has 0 aliphatic carbocycles. The molecule has 2 unspecified atom stereocenters. The van der Waals surface area contributed by atoms with Crippen LogP contribution in [0.3, 0.4) is 0 Å². The first-order valence-electron chi connectivity index (χ1n) is 11.6. The number of rotatable bonds is 7. The van der Waals surface area contributed by atoms with E-state index in [1.165, 1.54) is 23.0 Å². The molecule has 1 saturated heterocycles. The molecule has 8 nitrogen and oxygen atoms in total. The highest BCUT2D eigenvalue weighted by atomic mass is 19.2. The van der Waals surface area contributed by atoms with Crippen LogP contribution in [0, 0.1) is 11.6 Å². The Hall–Kier alpha value is -3.60. The number of aliphatic imine (C=N–C) groups is 2. The highest BCUT2D eigenvalue weighted by molar-refractivity contribution is 6.04. The first-order chi connectivity index (χ1) is 17.5. The number of amidine groups is 1. The lowest BCUT2D eigenvalue weighted by atomic mass is 10.1. The molecule has 0 N–H and O–H groups in total. The molecule has 186 valence electrons. The number of hydrogen-bond acceptors (Lipinski definition) is 7. The number of aromatic nitrogens is 2. The minimum absolute atomic E-state index is 0.0764. The van der Waals surface area contributed by atoms with Crippen molar-refractivity contribution < 1.29 is 23.0 Å². The monoisotopic (exact) mass is 494 g/mol. The molecule has 1 fully saturated rings. The largest absolute Gasteiger partial charge is 0.376 e. The van der Waals surface area contributed by atoms with E-state index in [9.17, 15) is 13.6 Å². The molecule has 2 aliphatic rings. The normalized spacial score (nSPS) is 19.8. The zero-order chi connectivity index (χ0) is 24.9. The summed E-state index contributed by atoms with van der Waals surface area (Å²) in [6, 6.07) is 12.3. The Labute approximate surface area is 205 Å². The number of halogens is 2. The summed E-state index contributed by atoms with van der Waals surface area (Å²) >= 11 is 0. The van der Waals surface area contributed by atoms with Crippen molar-refractivity contribution in [1.29, 1.82) is 0 Å². The molecular weight excluding hydrogens is 470 g/mol. The van der Waals surface area contributed by atoms with Gasteiger partial charge >= 0.3 is 0 Å². The topological polar surface area (TPSA) is 87.3 Å². The van der Waals surface area contributed by atoms with Crippen molar-refractivity contribution >= 4 is 12.1 Å². The Morgan fingerprint density at radius 1 is 1.08 bits per heavy atom. The number of hydrogen-bond donors (Lipinski definition) is 0. The smallest absolute Gasteiger partial charge is 0.203 e. The standard InChI is InChI=1S/C26H24F2N4O4/c27-22-5-4-19(12-23(22)28)32-7-6-25(33)24(31-32)11-17-2-1-3-18(10-17)26-29-13-20(14-30-26)36-16-21-15-34-8-9-35-21/h1-7,10,12-13,20-21H,8-9,11,14-16H2. The van der Waals surface area contributed by atoms with Gasteiger partial charge in [-0.2, -0.15) is 5.10 Å². The van der Waals surface area contributed by atoms with E-state index >= 15 is 0 Å². The lowest BCUT2D eigenvalue weighted by molar-refractivity contribution is -0.118. The van der Waals surface area contributed by atoms with Gasteiger partial charge in [0.2, 0.25) is 5.43 Å². The molecule has 2 atom stereocenters. The maximum atomic E-state index is 13.6. The van der Waals surface area contributed by atoms with Crippen LogP contribution in [-0.2, 0) is 20.6 Å². The zero-order valence-corrected chi connectivity index (χ0v) is 19.3. The third-order valence-corrected chi connectivity index (χ3v) is 5.77. The molecule has 2 aliphatic heterocycles. The van der Waals surface area contributed by atoms with E-state index in [1.54, 1.807) is 6.21 Å². The summed E-state index contributed by atoms with van der Waals surface area (Å²) in [5.41, 5.74) is 1.98. The van der Waals surface area contributed by atoms with Gasteiger partial charge in [0, 0.05) is 36.5 Å². The molecule has 1 aromatic heterocycles. The van der Waals surface area contributed by atoms with Crippen molar-refractivity contribution in [1.82, 2.24) is 9.78 Å². The Morgan fingerprint density at radius 2 is 2.00 bits per heavy atom. The Morgan fingerprint density at radius 3 is 2.78 bits per heavy atom. The molecule has 0 spiro atoms. The van der Waals surface area contributed by atoms with Crippen molar-refractivity contribution in [3.63, 3.8) is 0 Å². The van der Waals surface area contributed by atoms with Crippen molar-refractivity contribution in [3.05, 3.63) is 93.4 Å². The Bertz CT molecular complexity index is 1350. The molecule has 0 radical (unpaired) electrons. The van der Waals surface area contributed by atoms with E-state index in [2.05, 4.69) is 15.1 Å². The fourth-order valence-corrected chi connectivity index (χ4v) is 3.90. The second-order valence-corrected chi connectivity index (χ2v) is 8.43. The molecule has 10 heteroatoms. The average Bonchev–Trinajstić information content (AvgIpc) is 2.91. The minimum Gasteiger partial charge on any atom is -0.376 e. The average molecular weight is 494 g/mol. The van der Waals surface area contributed by atoms with Gasteiger partial charge in [-0.3, -0.25) is 9.79 Å². The zero-order valence-electron chi connectivity index (χ0n) is 19.3. The molecule has 0 bridgehead atoms. The number of nitrogens with zero attached hydrogens (tertiary/aromatic N) is 4. The van der Waals surface area contributed by atoms with Gasteiger partial charge in [-0.1, -0.05) is 18.2 Å². The van der Waals surface area contributed by atoms with Crippen LogP contribution in [-0.4, -0.2) is 67.0 Å². The van der Waals surface area contributed by atoms with Crippen LogP contribution in [0.25, 0.3) is 5.69 Å². The predicted molar refractivity (Wildman–Crippen MR) is 129 cm³/mol. The fraction of sp³-hybridized carbons (Fsp3) is 0.308. The second-order valence-electron chi connectivity index (χ2n) is 8.43. The molecule has 3 aromatic rings. The third-order valence-electron chi connectivity index (χ3n) is 5.77. The van der Waals surface area contributed by atoms with Gasteiger partial charge in [-0.05, 0) is 23.8 Å². The summed E-state index contributed by atoms with van der Waals surface area (Å²) in [4.78, 5) is 21.5. The molecule has 0 amide bonds. The first-order valence-corrected chi connectivity index (χ1v) is 11.6. The van der Waals surface area contributed by atoms with Crippen LogP contribution in [0.1, 0.15) is 16.8 Å². The summed E-state index contributed by atoms with van der Waals surface area (Å²) in [5, 5.41) is 4.34. The summed E-state index contributed by atoms with van der Waals surface area (Å²) < 4.78 is 45.1. The van der Waals surface area contributed by atoms with Crippen LogP contribution in [0.2, 0.25) is 0 Å². The molecule has 2 aromatic carbocycles. The predicted octanol–water partition coefficient (Wildman–Crippen LogP) is 2.73. The van der Waals surface area contributed by atoms with E-state index in [0.29, 0.717) is 44.5 Å². The maximum Gasteiger partial charge on any atom is 0.203 e. The van der Waals surface area contributed by atoms with Crippen LogP contribution in [0.5, 0.6) is 0 Å². The Balaban J connectivity index is 1.26. The first kappa shape index (κ1) is 24.1. The highest BCUT2D eigenvalue weighted by Gasteiger charge is 2.19. The van der Waals surface area contributed by atoms with E-state index in [0.717, 1.165) is 23.3 Å². The van der Waals surface area contributed by atoms with E-state index in [-0.39, 0.29) is 29.8 Å². The quantitative estimate of drug-likeness (QED) is 0.504. The van der Waals surface area contributed by atoms with Crippen LogP contribution in [0.4, 0.5) is 8.78 Å². The SMILES string of the molecule is O=c1ccn(-c2ccc(F)c(F)c2)nc1Cc1cccc(C2=NCC(OCC3COCCO3)C=N2)c1. The third kappa shape index (κ3) is 5.78. The summed E-state index contributed by atoms with van der Waals surface area (Å²) in [6.45, 7) is 2.56. The summed E-state index contributed by atoms with van der Waals surface area (Å²) in [6.07, 6.45) is 3.10. The van der Waals surface area contributed by atoms with Crippen molar-refractivity contribution in [2.45, 2.75) is 18.6 Å². The van der Waals surface area contributed by atoms with Crippen molar-refractivity contribution in [2.24, 2.45) is 9.98 Å². The van der Waals surface area contributed by atoms with Gasteiger partial charge in [-0.15, -0.1) is 0 Å². The van der Waals surface area contributed by atoms with Gasteiger partial charge in [0.05, 0.1) is 38.7 Å². The van der Waals surface area contributed by atoms with Gasteiger partial charge in [0.15, 0.2) is 17.5 Å². The van der Waals surface area contributed by atoms with E-state index in [4.69, 9.17) is 14.2 Å². The van der Waals surface area contributed by atoms with E-state index in [1.807, 2.05) is 24.3 Å². The fourth-order valence-electron chi connectivity index (χ4n) is 3.90. The number of benzene rings is 2. The van der Waals surface area contributed by atoms with Crippen molar-refractivity contribution in [3.8, 4) is 5.69 Å². The highest BCUT2D eigenvalue weighted by Crippen LogP contribution is 2.15. The van der Waals surface area contributed by atoms with Gasteiger partial charge in [0.25, 0.3) is 0 Å². The van der Waals surface area contributed by atoms with Crippen LogP contribution in [0.15, 0.2) is 69.5 Å². The molecular formula is C26H24F2N4O4. The second kappa shape index (κ2) is 11.0. The molecule has 36 heavy (non-hydrogen) atoms. The van der Waals surface area contributed by atoms with Crippen LogP contribution < -0.4 is 5.43 Å². The molecule has 0 saturated carbocycles. The minimum atomic E-state index is -0.986. The van der Waals surface area contributed by atoms with Crippen LogP contribution >= 0.6 is 0 Å². The van der Waals surface area contributed by atoms with Gasteiger partial charge < -0.3 is 14.2 Å². The summed E-state index contributed by atoms with van der Waals surface area (Å²) in [7, 11) is 0. The maximum absolute atomic E-state index is 13.6.